The number of carbonyl (C=O) groups is 1. The van der Waals surface area contributed by atoms with Crippen LogP contribution in [0.2, 0.25) is 0 Å². The number of pyridine rings is 1. The first-order chi connectivity index (χ1) is 19.5. The SMILES string of the molecule is CC1CC=C2CCCCN2C2=C1C(=O)N(c1cccc(-c3cc(Nc4ccncn4)c(=O)n(C)c3)c1CO)CC2. The number of hydrogen-bond acceptors (Lipinski definition) is 7. The van der Waals surface area contributed by atoms with Crippen molar-refractivity contribution < 1.29 is 9.90 Å². The summed E-state index contributed by atoms with van der Waals surface area (Å²) in [6.45, 7) is 3.43. The maximum atomic E-state index is 14.1. The zero-order valence-electron chi connectivity index (χ0n) is 22.9. The third-order valence-electron chi connectivity index (χ3n) is 8.23. The second-order valence-electron chi connectivity index (χ2n) is 10.7. The maximum absolute atomic E-state index is 14.1. The van der Waals surface area contributed by atoms with Crippen LogP contribution in [0.15, 0.2) is 76.9 Å². The van der Waals surface area contributed by atoms with Crippen LogP contribution in [0.4, 0.5) is 17.2 Å². The third kappa shape index (κ3) is 4.60. The molecule has 0 radical (unpaired) electrons. The molecule has 1 saturated heterocycles. The molecule has 0 aliphatic carbocycles. The monoisotopic (exact) mass is 538 g/mol. The molecule has 3 aliphatic heterocycles. The van der Waals surface area contributed by atoms with Gasteiger partial charge in [0.2, 0.25) is 0 Å². The van der Waals surface area contributed by atoms with E-state index in [1.165, 1.54) is 28.7 Å². The molecule has 9 heteroatoms. The summed E-state index contributed by atoms with van der Waals surface area (Å²) in [6, 6.07) is 9.18. The summed E-state index contributed by atoms with van der Waals surface area (Å²) in [7, 11) is 1.69. The molecule has 206 valence electrons. The fourth-order valence-electron chi connectivity index (χ4n) is 6.25. The Kier molecular flexibility index (Phi) is 6.98. The van der Waals surface area contributed by atoms with Gasteiger partial charge in [-0.25, -0.2) is 9.97 Å². The number of aliphatic hydroxyl groups excluding tert-OH is 1. The fraction of sp³-hybridized carbons (Fsp3) is 0.355. The molecule has 3 aromatic rings. The van der Waals surface area contributed by atoms with Crippen molar-refractivity contribution in [1.29, 1.82) is 0 Å². The number of nitrogens with zero attached hydrogens (tertiary/aromatic N) is 5. The van der Waals surface area contributed by atoms with E-state index in [1.807, 2.05) is 23.1 Å². The summed E-state index contributed by atoms with van der Waals surface area (Å²) < 4.78 is 1.51. The van der Waals surface area contributed by atoms with Gasteiger partial charge in [0.25, 0.3) is 11.5 Å². The minimum absolute atomic E-state index is 0.0207. The standard InChI is InChI=1S/C31H34N6O3/c1-20-9-10-22-6-3-4-14-36(22)27-12-15-37(31(40)29(20)27)26-8-5-7-23(24(26)18-38)21-16-25(30(39)35(2)17-21)34-28-11-13-32-19-33-28/h5,7-8,10-11,13,16-17,19-20,38H,3-4,6,9,12,14-15,18H2,1-2H3,(H,32,33,34). The number of allylic oxidation sites excluding steroid dienone is 2. The first-order valence-corrected chi connectivity index (χ1v) is 13.9. The molecule has 5 heterocycles. The molecule has 3 aliphatic rings. The van der Waals surface area contributed by atoms with Crippen molar-refractivity contribution >= 4 is 23.1 Å². The summed E-state index contributed by atoms with van der Waals surface area (Å²) in [5.74, 6) is 0.655. The Balaban J connectivity index is 1.39. The number of aryl methyl sites for hydroxylation is 1. The lowest BCUT2D eigenvalue weighted by Crippen LogP contribution is -2.43. The smallest absolute Gasteiger partial charge is 0.274 e. The molecule has 1 aromatic carbocycles. The van der Waals surface area contributed by atoms with Gasteiger partial charge in [0.1, 0.15) is 17.8 Å². The lowest BCUT2D eigenvalue weighted by atomic mass is 9.90. The zero-order chi connectivity index (χ0) is 27.8. The minimum atomic E-state index is -0.244. The van der Waals surface area contributed by atoms with Gasteiger partial charge >= 0.3 is 0 Å². The first-order valence-electron chi connectivity index (χ1n) is 13.9. The molecule has 1 fully saturated rings. The van der Waals surface area contributed by atoms with Crippen molar-refractivity contribution in [2.45, 2.75) is 45.6 Å². The lowest BCUT2D eigenvalue weighted by molar-refractivity contribution is -0.116. The second-order valence-corrected chi connectivity index (χ2v) is 10.7. The summed E-state index contributed by atoms with van der Waals surface area (Å²) in [4.78, 5) is 39.4. The topological polar surface area (TPSA) is 104 Å². The molecule has 1 atom stereocenters. The summed E-state index contributed by atoms with van der Waals surface area (Å²) >= 11 is 0. The average molecular weight is 539 g/mol. The Morgan fingerprint density at radius 1 is 1.10 bits per heavy atom. The van der Waals surface area contributed by atoms with Gasteiger partial charge < -0.3 is 24.8 Å². The molecule has 0 saturated carbocycles. The maximum Gasteiger partial charge on any atom is 0.274 e. The summed E-state index contributed by atoms with van der Waals surface area (Å²) in [6.07, 6.45) is 12.2. The third-order valence-corrected chi connectivity index (χ3v) is 8.23. The van der Waals surface area contributed by atoms with E-state index in [0.717, 1.165) is 48.9 Å². The number of rotatable bonds is 5. The molecule has 1 amide bonds. The van der Waals surface area contributed by atoms with Crippen LogP contribution in [-0.2, 0) is 18.4 Å². The van der Waals surface area contributed by atoms with Gasteiger partial charge in [0.15, 0.2) is 0 Å². The molecular weight excluding hydrogens is 504 g/mol. The average Bonchev–Trinajstić information content (AvgIpc) is 3.12. The van der Waals surface area contributed by atoms with Gasteiger partial charge in [-0.15, -0.1) is 0 Å². The van der Waals surface area contributed by atoms with Crippen molar-refractivity contribution in [2.24, 2.45) is 13.0 Å². The number of anilines is 3. The number of hydrogen-bond donors (Lipinski definition) is 2. The lowest BCUT2D eigenvalue weighted by Gasteiger charge is -2.39. The predicted molar refractivity (Wildman–Crippen MR) is 155 cm³/mol. The van der Waals surface area contributed by atoms with Crippen molar-refractivity contribution in [3.8, 4) is 11.1 Å². The molecule has 2 N–H and O–H groups in total. The predicted octanol–water partition coefficient (Wildman–Crippen LogP) is 4.48. The normalized spacial score (nSPS) is 19.1. The fourth-order valence-corrected chi connectivity index (χ4v) is 6.25. The van der Waals surface area contributed by atoms with Crippen molar-refractivity contribution in [2.75, 3.05) is 23.3 Å². The highest BCUT2D eigenvalue weighted by Crippen LogP contribution is 2.41. The molecule has 9 nitrogen and oxygen atoms in total. The Labute approximate surface area is 233 Å². The van der Waals surface area contributed by atoms with Crippen LogP contribution in [0.3, 0.4) is 0 Å². The van der Waals surface area contributed by atoms with E-state index in [1.54, 1.807) is 31.6 Å². The number of amides is 1. The van der Waals surface area contributed by atoms with Gasteiger partial charge in [-0.05, 0) is 55.4 Å². The molecular formula is C31H34N6O3. The number of aliphatic hydroxyl groups is 1. The van der Waals surface area contributed by atoms with Crippen LogP contribution in [0.25, 0.3) is 11.1 Å². The molecule has 1 unspecified atom stereocenters. The van der Waals surface area contributed by atoms with Crippen LogP contribution in [0.1, 0.15) is 44.6 Å². The summed E-state index contributed by atoms with van der Waals surface area (Å²) in [5.41, 5.74) is 6.47. The number of piperidine rings is 1. The van der Waals surface area contributed by atoms with Crippen molar-refractivity contribution in [3.05, 3.63) is 88.0 Å². The number of carbonyl (C=O) groups excluding carboxylic acids is 1. The zero-order valence-corrected chi connectivity index (χ0v) is 22.9. The van der Waals surface area contributed by atoms with E-state index < -0.39 is 0 Å². The minimum Gasteiger partial charge on any atom is -0.392 e. The molecule has 0 bridgehead atoms. The van der Waals surface area contributed by atoms with Crippen molar-refractivity contribution in [3.63, 3.8) is 0 Å². The molecule has 6 rings (SSSR count). The highest BCUT2D eigenvalue weighted by atomic mass is 16.3. The quantitative estimate of drug-likeness (QED) is 0.494. The van der Waals surface area contributed by atoms with E-state index in [-0.39, 0.29) is 24.0 Å². The number of fused-ring (bicyclic) bond motifs is 2. The Bertz CT molecular complexity index is 1580. The van der Waals surface area contributed by atoms with Crippen LogP contribution in [-0.4, -0.2) is 43.5 Å². The van der Waals surface area contributed by atoms with Crippen LogP contribution < -0.4 is 15.8 Å². The van der Waals surface area contributed by atoms with E-state index in [0.29, 0.717) is 29.3 Å². The van der Waals surface area contributed by atoms with Crippen LogP contribution in [0.5, 0.6) is 0 Å². The van der Waals surface area contributed by atoms with E-state index in [2.05, 4.69) is 33.2 Å². The molecule has 0 spiro atoms. The second kappa shape index (κ2) is 10.7. The Morgan fingerprint density at radius 3 is 2.77 bits per heavy atom. The first kappa shape index (κ1) is 26.0. The van der Waals surface area contributed by atoms with E-state index in [9.17, 15) is 14.7 Å². The van der Waals surface area contributed by atoms with Gasteiger partial charge in [0, 0.05) is 67.0 Å². The summed E-state index contributed by atoms with van der Waals surface area (Å²) in [5, 5.41) is 13.7. The van der Waals surface area contributed by atoms with Crippen LogP contribution >= 0.6 is 0 Å². The van der Waals surface area contributed by atoms with E-state index in [4.69, 9.17) is 0 Å². The highest BCUT2D eigenvalue weighted by molar-refractivity contribution is 6.08. The van der Waals surface area contributed by atoms with Gasteiger partial charge in [-0.1, -0.05) is 25.1 Å². The molecule has 40 heavy (non-hydrogen) atoms. The Hall–Kier alpha value is -4.24. The van der Waals surface area contributed by atoms with E-state index >= 15 is 0 Å². The van der Waals surface area contributed by atoms with Gasteiger partial charge in [0.05, 0.1) is 12.3 Å². The van der Waals surface area contributed by atoms with Crippen molar-refractivity contribution in [1.82, 2.24) is 19.4 Å². The Morgan fingerprint density at radius 2 is 1.98 bits per heavy atom. The van der Waals surface area contributed by atoms with Gasteiger partial charge in [-0.3, -0.25) is 9.59 Å². The number of nitrogens with one attached hydrogen (secondary N) is 1. The molecule has 2 aromatic heterocycles. The number of benzene rings is 1. The number of aromatic nitrogens is 3. The largest absolute Gasteiger partial charge is 0.392 e. The van der Waals surface area contributed by atoms with Crippen LogP contribution in [0, 0.1) is 5.92 Å². The highest BCUT2D eigenvalue weighted by Gasteiger charge is 2.37. The van der Waals surface area contributed by atoms with Gasteiger partial charge in [-0.2, -0.15) is 0 Å².